The van der Waals surface area contributed by atoms with Crippen LogP contribution >= 0.6 is 11.6 Å². The quantitative estimate of drug-likeness (QED) is 0.431. The summed E-state index contributed by atoms with van der Waals surface area (Å²) in [4.78, 5) is 11.3. The molecule has 0 N–H and O–H groups in total. The van der Waals surface area contributed by atoms with Gasteiger partial charge in [-0.15, -0.1) is 6.58 Å². The zero-order chi connectivity index (χ0) is 19.2. The lowest BCUT2D eigenvalue weighted by atomic mass is 10.1. The van der Waals surface area contributed by atoms with E-state index in [1.807, 2.05) is 6.92 Å². The number of hydrogen-bond acceptors (Lipinski definition) is 3. The minimum Gasteiger partial charge on any atom is -0.298 e. The van der Waals surface area contributed by atoms with Crippen molar-refractivity contribution >= 4 is 27.9 Å². The molecule has 0 heterocycles. The Morgan fingerprint density at radius 2 is 1.88 bits per heavy atom. The largest absolute Gasteiger partial charge is 0.298 e. The minimum atomic E-state index is -3.69. The van der Waals surface area contributed by atoms with Crippen LogP contribution in [0.15, 0.2) is 60.0 Å². The standard InChI is InChI=1S/C20H18ClNO3S/c1-3-12-22(26(24,25)20-10-6-16(2)7-11-20)13-4-5-17-14-19(21)9-8-18(17)15-23/h3,6-11,14-15H,1,12-13H2,2H3. The van der Waals surface area contributed by atoms with Crippen LogP contribution in [0.2, 0.25) is 5.02 Å². The SMILES string of the molecule is C=CCN(CC#Cc1cc(Cl)ccc1C=O)S(=O)(=O)c1ccc(C)cc1. The summed E-state index contributed by atoms with van der Waals surface area (Å²) < 4.78 is 26.8. The summed E-state index contributed by atoms with van der Waals surface area (Å²) in [6.07, 6.45) is 2.19. The van der Waals surface area contributed by atoms with Gasteiger partial charge >= 0.3 is 0 Å². The number of rotatable bonds is 6. The minimum absolute atomic E-state index is 0.0347. The highest BCUT2D eigenvalue weighted by Crippen LogP contribution is 2.17. The fourth-order valence-corrected chi connectivity index (χ4v) is 3.70. The first-order chi connectivity index (χ1) is 12.4. The zero-order valence-electron chi connectivity index (χ0n) is 14.3. The van der Waals surface area contributed by atoms with Crippen molar-refractivity contribution in [3.63, 3.8) is 0 Å². The van der Waals surface area contributed by atoms with Crippen molar-refractivity contribution in [1.29, 1.82) is 0 Å². The molecule has 0 spiro atoms. The third-order valence-electron chi connectivity index (χ3n) is 3.61. The van der Waals surface area contributed by atoms with Crippen molar-refractivity contribution in [3.8, 4) is 11.8 Å². The molecule has 0 amide bonds. The van der Waals surface area contributed by atoms with Gasteiger partial charge in [0.05, 0.1) is 11.4 Å². The zero-order valence-corrected chi connectivity index (χ0v) is 15.8. The Hall–Kier alpha value is -2.39. The van der Waals surface area contributed by atoms with E-state index < -0.39 is 10.0 Å². The molecule has 0 saturated heterocycles. The normalized spacial score (nSPS) is 10.9. The Morgan fingerprint density at radius 1 is 1.19 bits per heavy atom. The van der Waals surface area contributed by atoms with E-state index in [1.165, 1.54) is 10.4 Å². The van der Waals surface area contributed by atoms with Gasteiger partial charge in [-0.3, -0.25) is 4.79 Å². The van der Waals surface area contributed by atoms with Crippen LogP contribution in [-0.2, 0) is 10.0 Å². The van der Waals surface area contributed by atoms with Crippen molar-refractivity contribution in [2.45, 2.75) is 11.8 Å². The second-order valence-electron chi connectivity index (χ2n) is 5.55. The number of nitrogens with zero attached hydrogens (tertiary/aromatic N) is 1. The Kier molecular flexibility index (Phi) is 6.76. The Morgan fingerprint density at radius 3 is 2.50 bits per heavy atom. The van der Waals surface area contributed by atoms with Gasteiger partial charge in [0.25, 0.3) is 0 Å². The van der Waals surface area contributed by atoms with Crippen LogP contribution in [0.4, 0.5) is 0 Å². The Bertz CT molecular complexity index is 970. The van der Waals surface area contributed by atoms with Gasteiger partial charge < -0.3 is 0 Å². The third kappa shape index (κ3) is 4.83. The number of carbonyl (C=O) groups is 1. The number of hydrogen-bond donors (Lipinski definition) is 0. The first-order valence-corrected chi connectivity index (χ1v) is 9.61. The number of benzene rings is 2. The summed E-state index contributed by atoms with van der Waals surface area (Å²) >= 11 is 5.93. The molecule has 2 rings (SSSR count). The van der Waals surface area contributed by atoms with Crippen LogP contribution in [-0.4, -0.2) is 32.1 Å². The van der Waals surface area contributed by atoms with Gasteiger partial charge in [-0.25, -0.2) is 8.42 Å². The van der Waals surface area contributed by atoms with Crippen LogP contribution in [0, 0.1) is 18.8 Å². The maximum atomic E-state index is 12.8. The number of aldehydes is 1. The van der Waals surface area contributed by atoms with Crippen LogP contribution in [0.1, 0.15) is 21.5 Å². The number of carbonyl (C=O) groups excluding carboxylic acids is 1. The first-order valence-electron chi connectivity index (χ1n) is 7.80. The van der Waals surface area contributed by atoms with Gasteiger partial charge in [0, 0.05) is 22.7 Å². The van der Waals surface area contributed by atoms with Gasteiger partial charge in [0.1, 0.15) is 0 Å². The fraction of sp³-hybridized carbons (Fsp3) is 0.150. The van der Waals surface area contributed by atoms with Crippen LogP contribution in [0.5, 0.6) is 0 Å². The van der Waals surface area contributed by atoms with E-state index in [2.05, 4.69) is 18.4 Å². The highest BCUT2D eigenvalue weighted by atomic mass is 35.5. The number of sulfonamides is 1. The monoisotopic (exact) mass is 387 g/mol. The van der Waals surface area contributed by atoms with Crippen molar-refractivity contribution < 1.29 is 13.2 Å². The molecule has 0 unspecified atom stereocenters. The average molecular weight is 388 g/mol. The lowest BCUT2D eigenvalue weighted by molar-refractivity contribution is 0.112. The van der Waals surface area contributed by atoms with E-state index in [1.54, 1.807) is 42.5 Å². The van der Waals surface area contributed by atoms with Crippen LogP contribution < -0.4 is 0 Å². The molecule has 26 heavy (non-hydrogen) atoms. The van der Waals surface area contributed by atoms with Crippen molar-refractivity contribution in [2.24, 2.45) is 0 Å². The molecule has 0 saturated carbocycles. The van der Waals surface area contributed by atoms with Crippen LogP contribution in [0.25, 0.3) is 0 Å². The van der Waals surface area contributed by atoms with E-state index in [9.17, 15) is 13.2 Å². The first kappa shape index (κ1) is 19.9. The van der Waals surface area contributed by atoms with Crippen molar-refractivity contribution in [1.82, 2.24) is 4.31 Å². The summed E-state index contributed by atoms with van der Waals surface area (Å²) in [5.74, 6) is 5.63. The lowest BCUT2D eigenvalue weighted by Crippen LogP contribution is -2.31. The lowest BCUT2D eigenvalue weighted by Gasteiger charge is -2.18. The topological polar surface area (TPSA) is 54.5 Å². The molecule has 6 heteroatoms. The van der Waals surface area contributed by atoms with Crippen molar-refractivity contribution in [3.05, 3.63) is 76.8 Å². The van der Waals surface area contributed by atoms with E-state index in [4.69, 9.17) is 11.6 Å². The molecule has 0 radical (unpaired) electrons. The third-order valence-corrected chi connectivity index (χ3v) is 5.67. The second kappa shape index (κ2) is 8.81. The maximum Gasteiger partial charge on any atom is 0.244 e. The molecule has 0 aromatic heterocycles. The molecule has 0 atom stereocenters. The summed E-state index contributed by atoms with van der Waals surface area (Å²) in [7, 11) is -3.69. The average Bonchev–Trinajstić information content (AvgIpc) is 2.61. The molecular weight excluding hydrogens is 370 g/mol. The van der Waals surface area contributed by atoms with Crippen LogP contribution in [0.3, 0.4) is 0 Å². The van der Waals surface area contributed by atoms with Gasteiger partial charge in [-0.2, -0.15) is 4.31 Å². The molecule has 0 aliphatic heterocycles. The summed E-state index contributed by atoms with van der Waals surface area (Å²) in [5, 5.41) is 0.454. The number of aryl methyl sites for hydroxylation is 1. The second-order valence-corrected chi connectivity index (χ2v) is 7.92. The molecule has 0 aliphatic rings. The molecule has 0 aliphatic carbocycles. The van der Waals surface area contributed by atoms with E-state index in [0.717, 1.165) is 5.56 Å². The summed E-state index contributed by atoms with van der Waals surface area (Å²) in [5.41, 5.74) is 1.83. The maximum absolute atomic E-state index is 12.8. The fourth-order valence-electron chi connectivity index (χ4n) is 2.21. The molecule has 2 aromatic rings. The Balaban J connectivity index is 2.30. The highest BCUT2D eigenvalue weighted by Gasteiger charge is 2.22. The van der Waals surface area contributed by atoms with E-state index in [-0.39, 0.29) is 18.0 Å². The molecular formula is C20H18ClNO3S. The van der Waals surface area contributed by atoms with Gasteiger partial charge in [0.2, 0.25) is 10.0 Å². The summed E-state index contributed by atoms with van der Waals surface area (Å²) in [6.45, 7) is 5.59. The van der Waals surface area contributed by atoms with Gasteiger partial charge in [0.15, 0.2) is 6.29 Å². The molecule has 4 nitrogen and oxygen atoms in total. The molecule has 134 valence electrons. The van der Waals surface area contributed by atoms with E-state index >= 15 is 0 Å². The predicted octanol–water partition coefficient (Wildman–Crippen LogP) is 3.69. The van der Waals surface area contributed by atoms with E-state index in [0.29, 0.717) is 22.4 Å². The van der Waals surface area contributed by atoms with Crippen molar-refractivity contribution in [2.75, 3.05) is 13.1 Å². The van der Waals surface area contributed by atoms with Gasteiger partial charge in [-0.05, 0) is 37.3 Å². The molecule has 0 fully saturated rings. The molecule has 2 aromatic carbocycles. The molecule has 0 bridgehead atoms. The predicted molar refractivity (Wildman–Crippen MR) is 104 cm³/mol. The number of halogens is 1. The Labute approximate surface area is 159 Å². The smallest absolute Gasteiger partial charge is 0.244 e. The van der Waals surface area contributed by atoms with Gasteiger partial charge in [-0.1, -0.05) is 47.2 Å². The summed E-state index contributed by atoms with van der Waals surface area (Å²) in [6, 6.07) is 11.4. The highest BCUT2D eigenvalue weighted by molar-refractivity contribution is 7.89.